The third-order valence-corrected chi connectivity index (χ3v) is 4.96. The minimum atomic E-state index is -0.738. The fourth-order valence-corrected chi connectivity index (χ4v) is 3.33. The second-order valence-corrected chi connectivity index (χ2v) is 6.93. The Morgan fingerprint density at radius 3 is 2.87 bits per heavy atom. The molecule has 1 aliphatic heterocycles. The molecule has 1 N–H and O–H groups in total. The zero-order valence-electron chi connectivity index (χ0n) is 17.2. The van der Waals surface area contributed by atoms with Crippen molar-refractivity contribution in [2.24, 2.45) is 7.05 Å². The third kappa shape index (κ3) is 4.38. The van der Waals surface area contributed by atoms with Crippen molar-refractivity contribution in [1.29, 1.82) is 0 Å². The number of nitrogens with one attached hydrogen (secondary N) is 1. The van der Waals surface area contributed by atoms with Crippen LogP contribution in [0.1, 0.15) is 0 Å². The SMILES string of the molecule is COc1ccccc1NC(=O)C1CN(c2nc(-c3ccncn3)cc(=O)n2C)CCO1. The minimum absolute atomic E-state index is 0.222. The smallest absolute Gasteiger partial charge is 0.255 e. The number of ether oxygens (including phenoxy) is 2. The van der Waals surface area contributed by atoms with E-state index in [2.05, 4.69) is 20.3 Å². The molecule has 10 nitrogen and oxygen atoms in total. The molecule has 0 spiro atoms. The van der Waals surface area contributed by atoms with Gasteiger partial charge in [-0.2, -0.15) is 0 Å². The van der Waals surface area contributed by atoms with Gasteiger partial charge in [0.1, 0.15) is 12.1 Å². The van der Waals surface area contributed by atoms with Crippen LogP contribution < -0.4 is 20.5 Å². The summed E-state index contributed by atoms with van der Waals surface area (Å²) in [5, 5.41) is 2.84. The van der Waals surface area contributed by atoms with Gasteiger partial charge in [-0.05, 0) is 18.2 Å². The molecule has 2 aromatic heterocycles. The Morgan fingerprint density at radius 2 is 2.10 bits per heavy atom. The van der Waals surface area contributed by atoms with Crippen molar-refractivity contribution in [2.75, 3.05) is 37.0 Å². The molecule has 4 rings (SSSR count). The molecule has 3 aromatic rings. The second kappa shape index (κ2) is 8.92. The van der Waals surface area contributed by atoms with Gasteiger partial charge in [0, 0.05) is 25.9 Å². The van der Waals surface area contributed by atoms with Crippen molar-refractivity contribution in [3.8, 4) is 17.1 Å². The van der Waals surface area contributed by atoms with E-state index >= 15 is 0 Å². The zero-order valence-corrected chi connectivity index (χ0v) is 17.2. The Hall–Kier alpha value is -3.79. The number of rotatable bonds is 5. The summed E-state index contributed by atoms with van der Waals surface area (Å²) in [6, 6.07) is 10.3. The molecule has 1 amide bonds. The molecule has 0 aliphatic carbocycles. The molecule has 0 saturated carbocycles. The number of nitrogens with zero attached hydrogens (tertiary/aromatic N) is 5. The lowest BCUT2D eigenvalue weighted by molar-refractivity contribution is -0.128. The lowest BCUT2D eigenvalue weighted by Gasteiger charge is -2.33. The fraction of sp³-hybridized carbons (Fsp3) is 0.286. The maximum absolute atomic E-state index is 12.8. The third-order valence-electron chi connectivity index (χ3n) is 4.96. The number of benzene rings is 1. The van der Waals surface area contributed by atoms with Gasteiger partial charge in [-0.1, -0.05) is 12.1 Å². The first-order chi connectivity index (χ1) is 15.1. The van der Waals surface area contributed by atoms with E-state index in [1.807, 2.05) is 17.0 Å². The van der Waals surface area contributed by atoms with Crippen LogP contribution in [0.2, 0.25) is 0 Å². The number of hydrogen-bond donors (Lipinski definition) is 1. The van der Waals surface area contributed by atoms with Gasteiger partial charge >= 0.3 is 0 Å². The normalized spacial score (nSPS) is 16.1. The zero-order chi connectivity index (χ0) is 21.8. The summed E-state index contributed by atoms with van der Waals surface area (Å²) >= 11 is 0. The molecule has 0 radical (unpaired) electrons. The first-order valence-electron chi connectivity index (χ1n) is 9.71. The molecule has 10 heteroatoms. The van der Waals surface area contributed by atoms with Crippen molar-refractivity contribution in [3.63, 3.8) is 0 Å². The van der Waals surface area contributed by atoms with Crippen LogP contribution in [0.15, 0.2) is 53.7 Å². The predicted molar refractivity (Wildman–Crippen MR) is 114 cm³/mol. The van der Waals surface area contributed by atoms with Crippen LogP contribution in [0.3, 0.4) is 0 Å². The summed E-state index contributed by atoms with van der Waals surface area (Å²) in [5.41, 5.74) is 1.34. The summed E-state index contributed by atoms with van der Waals surface area (Å²) in [7, 11) is 3.19. The van der Waals surface area contributed by atoms with E-state index in [9.17, 15) is 9.59 Å². The Labute approximate surface area is 178 Å². The molecular formula is C21H22N6O4. The number of para-hydroxylation sites is 2. The van der Waals surface area contributed by atoms with Crippen molar-refractivity contribution < 1.29 is 14.3 Å². The first-order valence-corrected chi connectivity index (χ1v) is 9.71. The summed E-state index contributed by atoms with van der Waals surface area (Å²) in [6.07, 6.45) is 2.26. The maximum Gasteiger partial charge on any atom is 0.255 e. The number of anilines is 2. The molecule has 160 valence electrons. The number of hydrogen-bond acceptors (Lipinski definition) is 8. The van der Waals surface area contributed by atoms with E-state index in [0.29, 0.717) is 41.9 Å². The average molecular weight is 422 g/mol. The standard InChI is InChI=1S/C21H22N6O4/c1-26-19(28)11-16(14-7-8-22-13-23-14)25-21(26)27-9-10-31-18(12-27)20(29)24-15-5-3-4-6-17(15)30-2/h3-8,11,13,18H,9-10,12H2,1-2H3,(H,24,29). The molecule has 1 aromatic carbocycles. The average Bonchev–Trinajstić information content (AvgIpc) is 2.81. The lowest BCUT2D eigenvalue weighted by Crippen LogP contribution is -2.49. The van der Waals surface area contributed by atoms with Gasteiger partial charge < -0.3 is 19.7 Å². The highest BCUT2D eigenvalue weighted by molar-refractivity contribution is 5.96. The number of morpholine rings is 1. The number of aromatic nitrogens is 4. The van der Waals surface area contributed by atoms with Crippen LogP contribution in [0.5, 0.6) is 5.75 Å². The van der Waals surface area contributed by atoms with Crippen LogP contribution in [0.4, 0.5) is 11.6 Å². The van der Waals surface area contributed by atoms with Crippen molar-refractivity contribution in [2.45, 2.75) is 6.10 Å². The van der Waals surface area contributed by atoms with Gasteiger partial charge in [0.2, 0.25) is 5.95 Å². The van der Waals surface area contributed by atoms with Crippen LogP contribution in [-0.4, -0.2) is 58.3 Å². The predicted octanol–water partition coefficient (Wildman–Crippen LogP) is 1.09. The maximum atomic E-state index is 12.8. The largest absolute Gasteiger partial charge is 0.495 e. The molecule has 1 aliphatic rings. The number of amides is 1. The topological polar surface area (TPSA) is 111 Å². The number of carbonyl (C=O) groups is 1. The van der Waals surface area contributed by atoms with Crippen LogP contribution in [0.25, 0.3) is 11.4 Å². The van der Waals surface area contributed by atoms with E-state index < -0.39 is 6.10 Å². The Morgan fingerprint density at radius 1 is 1.26 bits per heavy atom. The summed E-state index contributed by atoms with van der Waals surface area (Å²) < 4.78 is 12.4. The second-order valence-electron chi connectivity index (χ2n) is 6.93. The molecular weight excluding hydrogens is 400 g/mol. The van der Waals surface area contributed by atoms with Crippen LogP contribution in [-0.2, 0) is 16.6 Å². The van der Waals surface area contributed by atoms with Crippen LogP contribution in [0, 0.1) is 0 Å². The molecule has 0 bridgehead atoms. The van der Waals surface area contributed by atoms with Gasteiger partial charge in [-0.15, -0.1) is 0 Å². The molecule has 3 heterocycles. The Kier molecular flexibility index (Phi) is 5.89. The van der Waals surface area contributed by atoms with Gasteiger partial charge in [0.25, 0.3) is 11.5 Å². The van der Waals surface area contributed by atoms with E-state index in [1.165, 1.54) is 17.0 Å². The van der Waals surface area contributed by atoms with E-state index in [1.54, 1.807) is 38.6 Å². The monoisotopic (exact) mass is 422 g/mol. The first kappa shape index (κ1) is 20.5. The molecule has 1 atom stereocenters. The molecule has 1 fully saturated rings. The van der Waals surface area contributed by atoms with Crippen molar-refractivity contribution >= 4 is 17.5 Å². The molecule has 1 unspecified atom stereocenters. The van der Waals surface area contributed by atoms with Crippen molar-refractivity contribution in [1.82, 2.24) is 19.5 Å². The minimum Gasteiger partial charge on any atom is -0.495 e. The number of methoxy groups -OCH3 is 1. The molecule has 1 saturated heterocycles. The highest BCUT2D eigenvalue weighted by Crippen LogP contribution is 2.24. The Balaban J connectivity index is 1.56. The fourth-order valence-electron chi connectivity index (χ4n) is 3.33. The Bertz CT molecular complexity index is 1130. The number of carbonyl (C=O) groups excluding carboxylic acids is 1. The van der Waals surface area contributed by atoms with Gasteiger partial charge in [-0.25, -0.2) is 15.0 Å². The summed E-state index contributed by atoms with van der Waals surface area (Å²) in [5.74, 6) is 0.704. The van der Waals surface area contributed by atoms with Gasteiger partial charge in [0.15, 0.2) is 6.10 Å². The van der Waals surface area contributed by atoms with Crippen LogP contribution >= 0.6 is 0 Å². The van der Waals surface area contributed by atoms with E-state index in [0.717, 1.165) is 0 Å². The highest BCUT2D eigenvalue weighted by Gasteiger charge is 2.29. The van der Waals surface area contributed by atoms with Gasteiger partial charge in [0.05, 0.1) is 37.3 Å². The highest BCUT2D eigenvalue weighted by atomic mass is 16.5. The lowest BCUT2D eigenvalue weighted by atomic mass is 10.2. The summed E-state index contributed by atoms with van der Waals surface area (Å²) in [6.45, 7) is 1.05. The van der Waals surface area contributed by atoms with E-state index in [4.69, 9.17) is 9.47 Å². The summed E-state index contributed by atoms with van der Waals surface area (Å²) in [4.78, 5) is 39.9. The van der Waals surface area contributed by atoms with Crippen molar-refractivity contribution in [3.05, 3.63) is 59.3 Å². The quantitative estimate of drug-likeness (QED) is 0.650. The molecule has 31 heavy (non-hydrogen) atoms. The van der Waals surface area contributed by atoms with E-state index in [-0.39, 0.29) is 18.0 Å². The van der Waals surface area contributed by atoms with Gasteiger partial charge in [-0.3, -0.25) is 14.2 Å².